The summed E-state index contributed by atoms with van der Waals surface area (Å²) in [6.45, 7) is 0. The molecule has 0 heterocycles. The lowest BCUT2D eigenvalue weighted by Gasteiger charge is -2.03. The molecule has 7 aromatic rings. The predicted octanol–water partition coefficient (Wildman–Crippen LogP) is 7.04. The van der Waals surface area contributed by atoms with Crippen LogP contribution in [0.2, 0.25) is 0 Å². The number of diazo groups is 1. The number of hydrogen-bond donors (Lipinski definition) is 6. The monoisotopic (exact) mass is 757 g/mol. The van der Waals surface area contributed by atoms with Crippen molar-refractivity contribution in [2.24, 2.45) is 10.2 Å². The Morgan fingerprint density at radius 3 is 1.69 bits per heavy atom. The summed E-state index contributed by atoms with van der Waals surface area (Å²) in [5, 5.41) is 65.3. The molecule has 13 nitrogen and oxygen atoms in total. The molecule has 55 heavy (non-hydrogen) atoms. The van der Waals surface area contributed by atoms with Crippen LogP contribution in [0.4, 0.5) is 22.7 Å². The van der Waals surface area contributed by atoms with Gasteiger partial charge in [-0.15, -0.1) is 5.11 Å². The summed E-state index contributed by atoms with van der Waals surface area (Å²) in [5.41, 5.74) is 7.61. The Bertz CT molecular complexity index is 2490. The van der Waals surface area contributed by atoms with E-state index in [1.54, 1.807) is 42.5 Å². The molecule has 7 rings (SSSR count). The highest BCUT2D eigenvalue weighted by molar-refractivity contribution is 5.95. The van der Waals surface area contributed by atoms with Crippen LogP contribution in [0.1, 0.15) is 31.1 Å². The second-order valence-electron chi connectivity index (χ2n) is 11.1. The van der Waals surface area contributed by atoms with Crippen molar-refractivity contribution in [3.8, 4) is 11.5 Å². The Morgan fingerprint density at radius 1 is 0.545 bits per heavy atom. The first-order chi connectivity index (χ1) is 25.9. The molecule has 0 atom stereocenters. The molecule has 0 aliphatic rings. The Labute approximate surface area is 319 Å². The molecular weight excluding hydrogens is 726 g/mol. The lowest BCUT2D eigenvalue weighted by atomic mass is 10.1. The first-order valence-electron chi connectivity index (χ1n) is 15.9. The molecule has 0 aliphatic carbocycles. The number of carboxylic acids is 3. The van der Waals surface area contributed by atoms with Gasteiger partial charge in [0.25, 0.3) is 0 Å². The highest BCUT2D eigenvalue weighted by atomic mass is 35.5. The summed E-state index contributed by atoms with van der Waals surface area (Å²) in [6, 6.07) is 42.1. The Kier molecular flexibility index (Phi) is 15.3. The number of carboxylic acid groups (broad SMARTS) is 3. The van der Waals surface area contributed by atoms with Crippen LogP contribution in [0.25, 0.3) is 26.5 Å². The third-order valence-corrected chi connectivity index (χ3v) is 7.36. The number of rotatable bonds is 5. The fraction of sp³-hybridized carbons (Fsp3) is 0. The van der Waals surface area contributed by atoms with Crippen molar-refractivity contribution in [1.82, 2.24) is 0 Å². The summed E-state index contributed by atoms with van der Waals surface area (Å²) in [6.07, 6.45) is 0. The van der Waals surface area contributed by atoms with Gasteiger partial charge in [-0.1, -0.05) is 66.7 Å². The number of nitrogens with two attached hydrogens (primary N) is 1. The molecule has 0 spiro atoms. The number of anilines is 1. The maximum Gasteiger partial charge on any atom is 0.385 e. The van der Waals surface area contributed by atoms with Gasteiger partial charge in [0.05, 0.1) is 22.4 Å². The number of phenols is 2. The SMILES string of the molecule is N#[N+]c1cccc(C(=O)O)c1.Nc1ccc(C(=O)O)cc1.O=C(O)c1ccc(N=Nc2c(O)ccc3ccccc23)cc1.Oc1ccc2ccccc2c1.[Cl-]. The molecule has 0 amide bonds. The lowest BCUT2D eigenvalue weighted by Crippen LogP contribution is -3.00. The predicted molar refractivity (Wildman–Crippen MR) is 205 cm³/mol. The first-order valence-corrected chi connectivity index (χ1v) is 15.9. The van der Waals surface area contributed by atoms with Crippen LogP contribution in [0.15, 0.2) is 162 Å². The minimum atomic E-state index is -1.03. The number of azo groups is 1. The van der Waals surface area contributed by atoms with Crippen molar-refractivity contribution in [2.45, 2.75) is 0 Å². The Morgan fingerprint density at radius 2 is 1.09 bits per heavy atom. The van der Waals surface area contributed by atoms with E-state index in [4.69, 9.17) is 31.6 Å². The topological polar surface area (TPSA) is 231 Å². The second kappa shape index (κ2) is 20.3. The highest BCUT2D eigenvalue weighted by Crippen LogP contribution is 2.36. The first kappa shape index (κ1) is 41.6. The number of halogens is 1. The number of phenolic OH excluding ortho intramolecular Hbond substituents is 2. The van der Waals surface area contributed by atoms with Gasteiger partial charge >= 0.3 is 23.6 Å². The second-order valence-corrected chi connectivity index (χ2v) is 11.1. The van der Waals surface area contributed by atoms with Gasteiger partial charge in [-0.3, -0.25) is 0 Å². The lowest BCUT2D eigenvalue weighted by molar-refractivity contribution is -0.0000573. The minimum Gasteiger partial charge on any atom is -1.00 e. The minimum absolute atomic E-state index is 0. The van der Waals surface area contributed by atoms with E-state index in [1.165, 1.54) is 48.5 Å². The van der Waals surface area contributed by atoms with E-state index in [2.05, 4.69) is 15.2 Å². The van der Waals surface area contributed by atoms with E-state index in [9.17, 15) is 19.5 Å². The smallest absolute Gasteiger partial charge is 0.385 e. The van der Waals surface area contributed by atoms with Crippen LogP contribution < -0.4 is 18.1 Å². The average molecular weight is 758 g/mol. The quantitative estimate of drug-likeness (QED) is 0.0595. The fourth-order valence-electron chi connectivity index (χ4n) is 4.63. The molecule has 7 aromatic carbocycles. The van der Waals surface area contributed by atoms with Gasteiger partial charge in [0.2, 0.25) is 5.39 Å². The van der Waals surface area contributed by atoms with Crippen LogP contribution in [-0.2, 0) is 0 Å². The van der Waals surface area contributed by atoms with Crippen LogP contribution in [0, 0.1) is 5.39 Å². The highest BCUT2D eigenvalue weighted by Gasteiger charge is 2.09. The van der Waals surface area contributed by atoms with Gasteiger partial charge in [0, 0.05) is 23.2 Å². The van der Waals surface area contributed by atoms with Gasteiger partial charge in [-0.25, -0.2) is 14.4 Å². The Balaban J connectivity index is 0.000000210. The molecule has 276 valence electrons. The molecule has 0 saturated carbocycles. The van der Waals surface area contributed by atoms with Crippen molar-refractivity contribution in [3.63, 3.8) is 0 Å². The molecule has 0 radical (unpaired) electrons. The maximum absolute atomic E-state index is 10.8. The van der Waals surface area contributed by atoms with Crippen molar-refractivity contribution < 1.29 is 52.3 Å². The van der Waals surface area contributed by atoms with Crippen LogP contribution in [0.5, 0.6) is 11.5 Å². The molecule has 14 heteroatoms. The van der Waals surface area contributed by atoms with E-state index >= 15 is 0 Å². The van der Waals surface area contributed by atoms with Gasteiger partial charge < -0.3 is 43.7 Å². The van der Waals surface area contributed by atoms with Crippen molar-refractivity contribution in [2.75, 3.05) is 5.73 Å². The van der Waals surface area contributed by atoms with Crippen molar-refractivity contribution >= 4 is 62.2 Å². The number of hydrogen-bond acceptors (Lipinski definition) is 9. The molecule has 0 bridgehead atoms. The largest absolute Gasteiger partial charge is 1.00 e. The maximum atomic E-state index is 10.8. The fourth-order valence-corrected chi connectivity index (χ4v) is 4.63. The number of carbonyl (C=O) groups is 3. The normalized spacial score (nSPS) is 9.87. The summed E-state index contributed by atoms with van der Waals surface area (Å²) >= 11 is 0. The third-order valence-electron chi connectivity index (χ3n) is 7.36. The van der Waals surface area contributed by atoms with E-state index in [1.807, 2.05) is 60.7 Å². The molecular formula is C41H32ClN5O8. The van der Waals surface area contributed by atoms with E-state index in [0.717, 1.165) is 21.5 Å². The number of aromatic carboxylic acids is 3. The van der Waals surface area contributed by atoms with Crippen molar-refractivity contribution in [3.05, 3.63) is 173 Å². The summed E-state index contributed by atoms with van der Waals surface area (Å²) in [5.74, 6) is -2.58. The molecule has 0 aromatic heterocycles. The van der Waals surface area contributed by atoms with Gasteiger partial charge in [0.15, 0.2) is 4.98 Å². The molecule has 0 fully saturated rings. The summed E-state index contributed by atoms with van der Waals surface area (Å²) in [7, 11) is 0. The summed E-state index contributed by atoms with van der Waals surface area (Å²) < 4.78 is 0. The van der Waals surface area contributed by atoms with Crippen LogP contribution >= 0.6 is 0 Å². The van der Waals surface area contributed by atoms with Gasteiger partial charge in [-0.05, 0) is 89.0 Å². The zero-order valence-electron chi connectivity index (χ0n) is 28.6. The molecule has 0 unspecified atom stereocenters. The number of nitrogen functional groups attached to an aromatic ring is 1. The zero-order chi connectivity index (χ0) is 39.0. The number of aromatic hydroxyl groups is 2. The van der Waals surface area contributed by atoms with E-state index < -0.39 is 17.9 Å². The number of nitrogens with zero attached hydrogens (tertiary/aromatic N) is 4. The standard InChI is InChI=1S/C17H12N2O3.C10H8O.C7H4N2O2.C7H7NO2.ClH/c20-15-10-7-11-3-1-2-4-14(11)16(15)19-18-13-8-5-12(6-9-13)17(21)22;11-10-6-5-8-3-1-2-4-9(8)7-10;8-9-6-3-1-2-5(4-6)7(10)11;8-6-3-1-5(2-4-6)7(9)10;/h1-10,20H,(H,21,22);1-7,11H;1-4H;1-4H,8H2,(H,9,10);1H. The van der Waals surface area contributed by atoms with Gasteiger partial charge in [0.1, 0.15) is 17.2 Å². The van der Waals surface area contributed by atoms with E-state index in [0.29, 0.717) is 22.8 Å². The average Bonchev–Trinajstić information content (AvgIpc) is 3.18. The molecule has 7 N–H and O–H groups in total. The zero-order valence-corrected chi connectivity index (χ0v) is 29.4. The van der Waals surface area contributed by atoms with Crippen LogP contribution in [-0.4, -0.2) is 43.4 Å². The van der Waals surface area contributed by atoms with Crippen LogP contribution in [0.3, 0.4) is 0 Å². The number of fused-ring (bicyclic) bond motifs is 2. The summed E-state index contributed by atoms with van der Waals surface area (Å²) in [4.78, 5) is 34.3. The van der Waals surface area contributed by atoms with E-state index in [-0.39, 0.29) is 40.5 Å². The Hall–Kier alpha value is -7.82. The molecule has 0 saturated heterocycles. The molecule has 0 aliphatic heterocycles. The number of benzene rings is 7. The van der Waals surface area contributed by atoms with Crippen molar-refractivity contribution in [1.29, 1.82) is 5.39 Å². The van der Waals surface area contributed by atoms with Gasteiger partial charge in [-0.2, -0.15) is 5.11 Å². The third kappa shape index (κ3) is 12.4.